The van der Waals surface area contributed by atoms with Crippen LogP contribution in [0.2, 0.25) is 0 Å². The van der Waals surface area contributed by atoms with Crippen LogP contribution in [0.15, 0.2) is 78.8 Å². The molecule has 5 heterocycles. The first-order valence-electron chi connectivity index (χ1n) is 11.3. The Hall–Kier alpha value is -4.30. The van der Waals surface area contributed by atoms with Crippen LogP contribution in [0.1, 0.15) is 13.8 Å². The average molecular weight is 478 g/mol. The molecule has 0 amide bonds. The fraction of sp³-hybridized carbons (Fsp3) is 0.111. The van der Waals surface area contributed by atoms with Crippen LogP contribution in [0.3, 0.4) is 0 Å². The van der Waals surface area contributed by atoms with Crippen LogP contribution in [-0.2, 0) is 0 Å². The summed E-state index contributed by atoms with van der Waals surface area (Å²) in [5.41, 5.74) is 8.42. The smallest absolute Gasteiger partial charge is 0.159 e. The molecule has 3 N–H and O–H groups in total. The second-order valence-corrected chi connectivity index (χ2v) is 9.69. The summed E-state index contributed by atoms with van der Waals surface area (Å²) < 4.78 is 0. The molecule has 7 nitrogen and oxygen atoms in total. The van der Waals surface area contributed by atoms with Crippen LogP contribution in [-0.4, -0.2) is 30.1 Å². The molecule has 1 aromatic carbocycles. The van der Waals surface area contributed by atoms with Gasteiger partial charge in [-0.2, -0.15) is 5.10 Å². The average Bonchev–Trinajstić information content (AvgIpc) is 3.62. The Bertz CT molecular complexity index is 1670. The molecule has 6 rings (SSSR count). The molecule has 35 heavy (non-hydrogen) atoms. The number of benzene rings is 1. The SMILES string of the molecule is C=C(Nc1cncc(-c2ccc3[nH]nc(-c4nc5c(-c6cccs6)cncc5[nH]4)c3c2)c1)C(C)C. The molecule has 0 atom stereocenters. The van der Waals surface area contributed by atoms with E-state index < -0.39 is 0 Å². The largest absolute Gasteiger partial charge is 0.358 e. The fourth-order valence-corrected chi connectivity index (χ4v) is 4.76. The maximum Gasteiger partial charge on any atom is 0.159 e. The summed E-state index contributed by atoms with van der Waals surface area (Å²) >= 11 is 1.67. The van der Waals surface area contributed by atoms with Crippen molar-refractivity contribution in [2.75, 3.05) is 5.32 Å². The van der Waals surface area contributed by atoms with Gasteiger partial charge in [0.25, 0.3) is 0 Å². The number of hydrogen-bond acceptors (Lipinski definition) is 6. The van der Waals surface area contributed by atoms with Crippen LogP contribution in [0.4, 0.5) is 5.69 Å². The minimum absolute atomic E-state index is 0.336. The Labute approximate surface area is 206 Å². The summed E-state index contributed by atoms with van der Waals surface area (Å²) in [6, 6.07) is 12.4. The van der Waals surface area contributed by atoms with Gasteiger partial charge in [0.2, 0.25) is 0 Å². The highest BCUT2D eigenvalue weighted by molar-refractivity contribution is 7.13. The first kappa shape index (κ1) is 21.2. The number of thiophene rings is 1. The molecule has 172 valence electrons. The first-order chi connectivity index (χ1) is 17.1. The molecule has 5 aromatic heterocycles. The number of imidazole rings is 1. The Morgan fingerprint density at radius 3 is 2.71 bits per heavy atom. The number of aromatic nitrogens is 6. The van der Waals surface area contributed by atoms with E-state index >= 15 is 0 Å². The fourth-order valence-electron chi connectivity index (χ4n) is 4.03. The van der Waals surface area contributed by atoms with Gasteiger partial charge in [-0.3, -0.25) is 15.1 Å². The second-order valence-electron chi connectivity index (χ2n) is 8.75. The number of anilines is 1. The molecule has 0 aliphatic carbocycles. The highest BCUT2D eigenvalue weighted by Crippen LogP contribution is 2.34. The summed E-state index contributed by atoms with van der Waals surface area (Å²) in [6.07, 6.45) is 7.34. The van der Waals surface area contributed by atoms with Gasteiger partial charge in [-0.05, 0) is 41.1 Å². The monoisotopic (exact) mass is 477 g/mol. The molecule has 0 spiro atoms. The van der Waals surface area contributed by atoms with Gasteiger partial charge in [-0.1, -0.05) is 32.6 Å². The lowest BCUT2D eigenvalue weighted by Gasteiger charge is -2.13. The van der Waals surface area contributed by atoms with E-state index in [1.165, 1.54) is 0 Å². The van der Waals surface area contributed by atoms with Crippen LogP contribution in [0, 0.1) is 5.92 Å². The van der Waals surface area contributed by atoms with Crippen LogP contribution in [0.5, 0.6) is 0 Å². The van der Waals surface area contributed by atoms with Crippen LogP contribution in [0.25, 0.3) is 55.0 Å². The van der Waals surface area contributed by atoms with Crippen molar-refractivity contribution in [1.29, 1.82) is 0 Å². The minimum atomic E-state index is 0.336. The lowest BCUT2D eigenvalue weighted by atomic mass is 10.0. The normalized spacial score (nSPS) is 11.5. The lowest BCUT2D eigenvalue weighted by molar-refractivity contribution is 0.778. The quantitative estimate of drug-likeness (QED) is 0.243. The highest BCUT2D eigenvalue weighted by Gasteiger charge is 2.16. The molecule has 0 unspecified atom stereocenters. The van der Waals surface area contributed by atoms with Gasteiger partial charge in [0.15, 0.2) is 5.82 Å². The zero-order chi connectivity index (χ0) is 23.9. The zero-order valence-corrected chi connectivity index (χ0v) is 20.1. The van der Waals surface area contributed by atoms with Crippen LogP contribution >= 0.6 is 11.3 Å². The number of nitrogens with one attached hydrogen (secondary N) is 3. The summed E-state index contributed by atoms with van der Waals surface area (Å²) in [6.45, 7) is 8.33. The van der Waals surface area contributed by atoms with E-state index in [1.54, 1.807) is 17.5 Å². The van der Waals surface area contributed by atoms with Gasteiger partial charge >= 0.3 is 0 Å². The molecule has 0 saturated carbocycles. The van der Waals surface area contributed by atoms with Gasteiger partial charge in [0.05, 0.1) is 29.1 Å². The van der Waals surface area contributed by atoms with Gasteiger partial charge in [0, 0.05) is 39.5 Å². The van der Waals surface area contributed by atoms with E-state index in [-0.39, 0.29) is 0 Å². The maximum absolute atomic E-state index is 4.92. The third-order valence-corrected chi connectivity index (χ3v) is 6.94. The number of H-pyrrole nitrogens is 2. The predicted octanol–water partition coefficient (Wildman–Crippen LogP) is 6.87. The number of aromatic amines is 2. The van der Waals surface area contributed by atoms with Crippen molar-refractivity contribution in [2.24, 2.45) is 5.92 Å². The van der Waals surface area contributed by atoms with Crippen molar-refractivity contribution in [3.63, 3.8) is 0 Å². The van der Waals surface area contributed by atoms with Crippen molar-refractivity contribution < 1.29 is 0 Å². The molecule has 6 aromatic rings. The minimum Gasteiger partial charge on any atom is -0.358 e. The molecule has 0 bridgehead atoms. The van der Waals surface area contributed by atoms with Gasteiger partial charge in [-0.15, -0.1) is 11.3 Å². The van der Waals surface area contributed by atoms with Gasteiger partial charge < -0.3 is 10.3 Å². The molecular weight excluding hydrogens is 454 g/mol. The molecular formula is C27H23N7S. The topological polar surface area (TPSA) is 95.2 Å². The summed E-state index contributed by atoms with van der Waals surface area (Å²) in [5, 5.41) is 14.1. The number of rotatable bonds is 6. The van der Waals surface area contributed by atoms with Gasteiger partial charge in [-0.25, -0.2) is 4.98 Å². The number of pyridine rings is 2. The molecule has 0 radical (unpaired) electrons. The second kappa shape index (κ2) is 8.48. The van der Waals surface area contributed by atoms with E-state index in [2.05, 4.69) is 80.5 Å². The Kier molecular flexibility index (Phi) is 5.15. The van der Waals surface area contributed by atoms with E-state index in [0.717, 1.165) is 60.6 Å². The predicted molar refractivity (Wildman–Crippen MR) is 143 cm³/mol. The van der Waals surface area contributed by atoms with Crippen molar-refractivity contribution in [3.05, 3.63) is 78.8 Å². The maximum atomic E-state index is 4.92. The van der Waals surface area contributed by atoms with Crippen molar-refractivity contribution in [3.8, 4) is 33.1 Å². The van der Waals surface area contributed by atoms with Gasteiger partial charge in [0.1, 0.15) is 11.2 Å². The molecule has 0 saturated heterocycles. The third kappa shape index (κ3) is 3.87. The Morgan fingerprint density at radius 1 is 1.00 bits per heavy atom. The Balaban J connectivity index is 1.41. The van der Waals surface area contributed by atoms with Crippen molar-refractivity contribution >= 4 is 39.0 Å². The van der Waals surface area contributed by atoms with E-state index in [0.29, 0.717) is 11.7 Å². The number of hydrogen-bond donors (Lipinski definition) is 3. The lowest BCUT2D eigenvalue weighted by Crippen LogP contribution is -2.04. The number of fused-ring (bicyclic) bond motifs is 2. The standard InChI is InChI=1S/C27H23N7S/c1-15(2)16(3)30-19-9-18(11-28-12-19)17-6-7-22-20(10-17)26(34-33-22)27-31-23-14-29-13-21(25(23)32-27)24-5-4-8-35-24/h4-15,30H,3H2,1-2H3,(H,31,32)(H,33,34). The summed E-state index contributed by atoms with van der Waals surface area (Å²) in [7, 11) is 0. The third-order valence-electron chi connectivity index (χ3n) is 6.04. The molecule has 0 fully saturated rings. The molecule has 0 aliphatic rings. The van der Waals surface area contributed by atoms with E-state index in [1.807, 2.05) is 30.7 Å². The van der Waals surface area contributed by atoms with E-state index in [4.69, 9.17) is 4.98 Å². The molecule has 0 aliphatic heterocycles. The molecule has 8 heteroatoms. The number of allylic oxidation sites excluding steroid dienone is 1. The van der Waals surface area contributed by atoms with Crippen molar-refractivity contribution in [2.45, 2.75) is 13.8 Å². The zero-order valence-electron chi connectivity index (χ0n) is 19.3. The summed E-state index contributed by atoms with van der Waals surface area (Å²) in [5.74, 6) is 1.04. The first-order valence-corrected chi connectivity index (χ1v) is 12.2. The van der Waals surface area contributed by atoms with E-state index in [9.17, 15) is 0 Å². The van der Waals surface area contributed by atoms with Crippen LogP contribution < -0.4 is 5.32 Å². The number of nitrogens with zero attached hydrogens (tertiary/aromatic N) is 4. The summed E-state index contributed by atoms with van der Waals surface area (Å²) in [4.78, 5) is 18.3. The Morgan fingerprint density at radius 2 is 1.89 bits per heavy atom. The highest BCUT2D eigenvalue weighted by atomic mass is 32.1. The van der Waals surface area contributed by atoms with Crippen molar-refractivity contribution in [1.82, 2.24) is 30.1 Å².